The second kappa shape index (κ2) is 10.1. The van der Waals surface area contributed by atoms with Gasteiger partial charge in [-0.2, -0.15) is 0 Å². The molecule has 2 aromatic carbocycles. The maximum Gasteiger partial charge on any atom is 0.407 e. The predicted octanol–water partition coefficient (Wildman–Crippen LogP) is 4.51. The molecule has 0 spiro atoms. The maximum atomic E-state index is 13.2. The van der Waals surface area contributed by atoms with E-state index in [4.69, 9.17) is 4.74 Å². The van der Waals surface area contributed by atoms with Gasteiger partial charge in [-0.3, -0.25) is 9.59 Å². The third kappa shape index (κ3) is 5.04. The number of carbonyl (C=O) groups excluding carboxylic acids is 2. The van der Waals surface area contributed by atoms with Crippen LogP contribution in [0.2, 0.25) is 0 Å². The molecule has 1 aliphatic heterocycles. The van der Waals surface area contributed by atoms with Gasteiger partial charge in [0.1, 0.15) is 6.61 Å². The van der Waals surface area contributed by atoms with Gasteiger partial charge in [0.25, 0.3) is 0 Å². The quantitative estimate of drug-likeness (QED) is 0.582. The van der Waals surface area contributed by atoms with Crippen molar-refractivity contribution in [3.05, 3.63) is 59.7 Å². The maximum absolute atomic E-state index is 13.2. The summed E-state index contributed by atoms with van der Waals surface area (Å²) in [6.45, 7) is 6.72. The minimum atomic E-state index is -0.880. The molecule has 7 nitrogen and oxygen atoms in total. The van der Waals surface area contributed by atoms with Crippen molar-refractivity contribution < 1.29 is 24.2 Å². The van der Waals surface area contributed by atoms with Gasteiger partial charge in [0.05, 0.1) is 11.8 Å². The molecule has 0 aromatic heterocycles. The number of nitrogens with one attached hydrogen (secondary N) is 1. The van der Waals surface area contributed by atoms with Crippen molar-refractivity contribution in [3.63, 3.8) is 0 Å². The first-order chi connectivity index (χ1) is 16.7. The molecule has 2 aliphatic rings. The van der Waals surface area contributed by atoms with E-state index in [1.165, 1.54) is 11.1 Å². The van der Waals surface area contributed by atoms with E-state index >= 15 is 0 Å². The van der Waals surface area contributed by atoms with E-state index in [-0.39, 0.29) is 31.5 Å². The highest BCUT2D eigenvalue weighted by Crippen LogP contribution is 2.44. The zero-order valence-corrected chi connectivity index (χ0v) is 20.6. The lowest BCUT2D eigenvalue weighted by Crippen LogP contribution is -2.41. The molecule has 2 N–H and O–H groups in total. The average Bonchev–Trinajstić information content (AvgIpc) is 3.34. The number of ether oxygens (including phenoxy) is 1. The number of benzene rings is 2. The van der Waals surface area contributed by atoms with Gasteiger partial charge in [-0.25, -0.2) is 4.79 Å². The van der Waals surface area contributed by atoms with Crippen LogP contribution in [0.4, 0.5) is 4.79 Å². The van der Waals surface area contributed by atoms with E-state index in [0.717, 1.165) is 17.5 Å². The van der Waals surface area contributed by atoms with Gasteiger partial charge >= 0.3 is 12.1 Å². The number of likely N-dealkylation sites (tertiary alicyclic amines) is 1. The second-order valence-corrected chi connectivity index (χ2v) is 10.3. The fourth-order valence-electron chi connectivity index (χ4n) is 5.49. The van der Waals surface area contributed by atoms with Crippen LogP contribution < -0.4 is 5.32 Å². The summed E-state index contributed by atoms with van der Waals surface area (Å²) >= 11 is 0. The zero-order valence-electron chi connectivity index (χ0n) is 20.6. The van der Waals surface area contributed by atoms with Crippen molar-refractivity contribution in [2.24, 2.45) is 17.3 Å². The molecule has 2 atom stereocenters. The lowest BCUT2D eigenvalue weighted by atomic mass is 9.82. The summed E-state index contributed by atoms with van der Waals surface area (Å²) in [6.07, 6.45) is 0.838. The van der Waals surface area contributed by atoms with Crippen LogP contribution >= 0.6 is 0 Å². The summed E-state index contributed by atoms with van der Waals surface area (Å²) in [4.78, 5) is 39.0. The SMILES string of the molecule is CCCC(CNC(=O)OCC1c2ccccc2-c2ccccc21)C(=O)N1CC(C(=O)O)C(C)(C)C1. The molecular weight excluding hydrogens is 444 g/mol. The molecule has 0 radical (unpaired) electrons. The van der Waals surface area contributed by atoms with E-state index < -0.39 is 29.3 Å². The van der Waals surface area contributed by atoms with E-state index in [1.54, 1.807) is 4.90 Å². The fourth-order valence-corrected chi connectivity index (χ4v) is 5.49. The molecule has 1 aliphatic carbocycles. The van der Waals surface area contributed by atoms with Gasteiger partial charge in [0.2, 0.25) is 5.91 Å². The molecule has 4 rings (SSSR count). The highest BCUT2D eigenvalue weighted by Gasteiger charge is 2.46. The van der Waals surface area contributed by atoms with Crippen LogP contribution in [-0.2, 0) is 14.3 Å². The third-order valence-electron chi connectivity index (χ3n) is 7.38. The molecule has 1 fully saturated rings. The van der Waals surface area contributed by atoms with Crippen molar-refractivity contribution in [2.45, 2.75) is 39.5 Å². The number of carboxylic acid groups (broad SMARTS) is 1. The van der Waals surface area contributed by atoms with Crippen molar-refractivity contribution in [3.8, 4) is 11.1 Å². The standard InChI is InChI=1S/C28H34N2O5/c1-4-9-18(25(31)30-15-24(26(32)33)28(2,3)17-30)14-29-27(34)35-16-23-21-12-7-5-10-19(21)20-11-6-8-13-22(20)23/h5-8,10-13,18,23-24H,4,9,14-17H2,1-3H3,(H,29,34)(H,32,33). The zero-order chi connectivity index (χ0) is 25.2. The van der Waals surface area contributed by atoms with Gasteiger partial charge in [-0.1, -0.05) is 75.7 Å². The van der Waals surface area contributed by atoms with Crippen LogP contribution in [0.3, 0.4) is 0 Å². The van der Waals surface area contributed by atoms with E-state index in [1.807, 2.05) is 45.0 Å². The Kier molecular flexibility index (Phi) is 7.15. The number of carboxylic acids is 1. The highest BCUT2D eigenvalue weighted by atomic mass is 16.5. The predicted molar refractivity (Wildman–Crippen MR) is 133 cm³/mol. The number of nitrogens with zero attached hydrogens (tertiary/aromatic N) is 1. The van der Waals surface area contributed by atoms with Gasteiger partial charge < -0.3 is 20.1 Å². The van der Waals surface area contributed by atoms with Gasteiger partial charge in [-0.15, -0.1) is 0 Å². The van der Waals surface area contributed by atoms with E-state index in [2.05, 4.69) is 29.6 Å². The summed E-state index contributed by atoms with van der Waals surface area (Å²) in [5.41, 5.74) is 4.13. The highest BCUT2D eigenvalue weighted by molar-refractivity contribution is 5.82. The first-order valence-corrected chi connectivity index (χ1v) is 12.3. The van der Waals surface area contributed by atoms with Crippen molar-refractivity contribution in [1.82, 2.24) is 10.2 Å². The molecule has 1 saturated heterocycles. The van der Waals surface area contributed by atoms with Crippen molar-refractivity contribution in [2.75, 3.05) is 26.2 Å². The van der Waals surface area contributed by atoms with Gasteiger partial charge in [-0.05, 0) is 34.1 Å². The largest absolute Gasteiger partial charge is 0.481 e. The van der Waals surface area contributed by atoms with Crippen LogP contribution in [0.15, 0.2) is 48.5 Å². The number of rotatable bonds is 8. The minimum absolute atomic E-state index is 0.0268. The summed E-state index contributed by atoms with van der Waals surface area (Å²) < 4.78 is 5.60. The molecule has 0 bridgehead atoms. The minimum Gasteiger partial charge on any atom is -0.481 e. The monoisotopic (exact) mass is 478 g/mol. The molecule has 0 saturated carbocycles. The number of fused-ring (bicyclic) bond motifs is 3. The van der Waals surface area contributed by atoms with E-state index in [0.29, 0.717) is 13.0 Å². The number of hydrogen-bond donors (Lipinski definition) is 2. The number of aliphatic carboxylic acids is 1. The van der Waals surface area contributed by atoms with Gasteiger partial charge in [0.15, 0.2) is 0 Å². The molecule has 2 amide bonds. The van der Waals surface area contributed by atoms with Crippen molar-refractivity contribution in [1.29, 1.82) is 0 Å². The average molecular weight is 479 g/mol. The number of amides is 2. The Bertz CT molecular complexity index is 1070. The Labute approximate surface area is 206 Å². The summed E-state index contributed by atoms with van der Waals surface area (Å²) in [6, 6.07) is 16.3. The molecular formula is C28H34N2O5. The Morgan fingerprint density at radius 2 is 1.69 bits per heavy atom. The van der Waals surface area contributed by atoms with Crippen LogP contribution in [0.25, 0.3) is 11.1 Å². The first kappa shape index (κ1) is 24.8. The Morgan fingerprint density at radius 1 is 1.09 bits per heavy atom. The number of hydrogen-bond acceptors (Lipinski definition) is 4. The Hall–Kier alpha value is -3.35. The lowest BCUT2D eigenvalue weighted by Gasteiger charge is -2.25. The summed E-state index contributed by atoms with van der Waals surface area (Å²) in [7, 11) is 0. The summed E-state index contributed by atoms with van der Waals surface area (Å²) in [5.74, 6) is -2.02. The molecule has 186 valence electrons. The molecule has 7 heteroatoms. The number of alkyl carbamates (subject to hydrolysis) is 1. The van der Waals surface area contributed by atoms with Crippen LogP contribution in [0.1, 0.15) is 50.7 Å². The molecule has 1 heterocycles. The smallest absolute Gasteiger partial charge is 0.407 e. The summed E-state index contributed by atoms with van der Waals surface area (Å²) in [5, 5.41) is 12.3. The molecule has 2 unspecified atom stereocenters. The third-order valence-corrected chi connectivity index (χ3v) is 7.38. The normalized spacial score (nSPS) is 19.1. The van der Waals surface area contributed by atoms with Gasteiger partial charge in [0, 0.05) is 25.6 Å². The van der Waals surface area contributed by atoms with Crippen molar-refractivity contribution >= 4 is 18.0 Å². The van der Waals surface area contributed by atoms with Crippen LogP contribution in [-0.4, -0.2) is 54.2 Å². The molecule has 2 aromatic rings. The number of carbonyl (C=O) groups is 3. The van der Waals surface area contributed by atoms with Crippen LogP contribution in [0, 0.1) is 17.3 Å². The van der Waals surface area contributed by atoms with Crippen LogP contribution in [0.5, 0.6) is 0 Å². The second-order valence-electron chi connectivity index (χ2n) is 10.3. The Balaban J connectivity index is 1.35. The fraction of sp³-hybridized carbons (Fsp3) is 0.464. The topological polar surface area (TPSA) is 95.9 Å². The molecule has 35 heavy (non-hydrogen) atoms. The van der Waals surface area contributed by atoms with E-state index in [9.17, 15) is 19.5 Å². The first-order valence-electron chi connectivity index (χ1n) is 12.3. The lowest BCUT2D eigenvalue weighted by molar-refractivity contribution is -0.144. The Morgan fingerprint density at radius 3 is 2.23 bits per heavy atom.